The number of nitrogens with one attached hydrogen (secondary N) is 2. The van der Waals surface area contributed by atoms with Gasteiger partial charge in [0.1, 0.15) is 0 Å². The maximum Gasteiger partial charge on any atom is 0.257 e. The first-order valence-corrected chi connectivity index (χ1v) is 10.0. The molecule has 0 spiro atoms. The predicted octanol–water partition coefficient (Wildman–Crippen LogP) is 0.437. The van der Waals surface area contributed by atoms with Crippen LogP contribution in [0.2, 0.25) is 0 Å². The third-order valence-electron chi connectivity index (χ3n) is 3.12. The van der Waals surface area contributed by atoms with Crippen LogP contribution in [0.25, 0.3) is 0 Å². The SMILES string of the molecule is CCC(=O)NNS(=O)(=O)c1ccc(S(=O)(=O)N(CC)CC)cc1. The van der Waals surface area contributed by atoms with Crippen LogP contribution in [0.5, 0.6) is 0 Å². The van der Waals surface area contributed by atoms with Gasteiger partial charge >= 0.3 is 0 Å². The highest BCUT2D eigenvalue weighted by atomic mass is 32.2. The van der Waals surface area contributed by atoms with Crippen LogP contribution in [-0.2, 0) is 24.8 Å². The molecule has 1 amide bonds. The van der Waals surface area contributed by atoms with E-state index >= 15 is 0 Å². The molecule has 23 heavy (non-hydrogen) atoms. The molecule has 0 radical (unpaired) electrons. The first-order chi connectivity index (χ1) is 10.7. The lowest BCUT2D eigenvalue weighted by Gasteiger charge is -2.18. The summed E-state index contributed by atoms with van der Waals surface area (Å²) in [6.45, 7) is 5.67. The van der Waals surface area contributed by atoms with Crippen LogP contribution < -0.4 is 10.3 Å². The minimum absolute atomic E-state index is 0.0118. The standard InChI is InChI=1S/C13H21N3O5S2/c1-4-13(17)14-15-22(18,19)11-7-9-12(10-8-11)23(20,21)16(5-2)6-3/h7-10,15H,4-6H2,1-3H3,(H,14,17). The third kappa shape index (κ3) is 4.74. The minimum atomic E-state index is -3.95. The average molecular weight is 363 g/mol. The van der Waals surface area contributed by atoms with Crippen LogP contribution in [0, 0.1) is 0 Å². The van der Waals surface area contributed by atoms with E-state index < -0.39 is 26.0 Å². The van der Waals surface area contributed by atoms with Gasteiger partial charge in [-0.2, -0.15) is 4.31 Å². The van der Waals surface area contributed by atoms with Gasteiger partial charge in [0.25, 0.3) is 10.0 Å². The van der Waals surface area contributed by atoms with Crippen LogP contribution in [0.4, 0.5) is 0 Å². The van der Waals surface area contributed by atoms with Crippen molar-refractivity contribution in [2.75, 3.05) is 13.1 Å². The van der Waals surface area contributed by atoms with Gasteiger partial charge in [0.15, 0.2) is 0 Å². The van der Waals surface area contributed by atoms with Crippen LogP contribution in [0.3, 0.4) is 0 Å². The number of rotatable bonds is 8. The zero-order valence-electron chi connectivity index (χ0n) is 13.2. The molecule has 0 fully saturated rings. The smallest absolute Gasteiger partial charge is 0.257 e. The maximum absolute atomic E-state index is 12.3. The summed E-state index contributed by atoms with van der Waals surface area (Å²) in [5.41, 5.74) is 2.05. The molecule has 1 rings (SSSR count). The number of hydrogen-bond acceptors (Lipinski definition) is 5. The molecule has 0 heterocycles. The van der Waals surface area contributed by atoms with Crippen molar-refractivity contribution in [3.63, 3.8) is 0 Å². The van der Waals surface area contributed by atoms with Crippen molar-refractivity contribution >= 4 is 26.0 Å². The fraction of sp³-hybridized carbons (Fsp3) is 0.462. The summed E-state index contributed by atoms with van der Waals surface area (Å²) in [4.78, 5) is 12.9. The van der Waals surface area contributed by atoms with Gasteiger partial charge in [-0.3, -0.25) is 10.2 Å². The second kappa shape index (κ2) is 7.86. The number of carbonyl (C=O) groups is 1. The lowest BCUT2D eigenvalue weighted by atomic mass is 10.4. The van der Waals surface area contributed by atoms with Crippen molar-refractivity contribution in [3.8, 4) is 0 Å². The second-order valence-electron chi connectivity index (χ2n) is 4.57. The van der Waals surface area contributed by atoms with Gasteiger partial charge in [0, 0.05) is 19.5 Å². The Hall–Kier alpha value is -1.49. The number of hydrazine groups is 1. The quantitative estimate of drug-likeness (QED) is 0.651. The number of amides is 1. The Labute approximate surface area is 136 Å². The van der Waals surface area contributed by atoms with E-state index in [2.05, 4.69) is 0 Å². The zero-order chi connectivity index (χ0) is 17.7. The lowest BCUT2D eigenvalue weighted by Crippen LogP contribution is -2.41. The topological polar surface area (TPSA) is 113 Å². The highest BCUT2D eigenvalue weighted by Crippen LogP contribution is 2.18. The van der Waals surface area contributed by atoms with Crippen molar-refractivity contribution in [2.24, 2.45) is 0 Å². The molecule has 8 nitrogen and oxygen atoms in total. The predicted molar refractivity (Wildman–Crippen MR) is 85.3 cm³/mol. The molecule has 2 N–H and O–H groups in total. The molecule has 0 aliphatic heterocycles. The van der Waals surface area contributed by atoms with Crippen LogP contribution in [0.1, 0.15) is 27.2 Å². The van der Waals surface area contributed by atoms with Gasteiger partial charge in [0.05, 0.1) is 9.79 Å². The zero-order valence-corrected chi connectivity index (χ0v) is 14.9. The normalized spacial score (nSPS) is 12.3. The Kier molecular flexibility index (Phi) is 6.69. The van der Waals surface area contributed by atoms with E-state index in [-0.39, 0.29) is 16.2 Å². The van der Waals surface area contributed by atoms with Gasteiger partial charge in [-0.1, -0.05) is 20.8 Å². The first kappa shape index (κ1) is 19.6. The van der Waals surface area contributed by atoms with Crippen molar-refractivity contribution < 1.29 is 21.6 Å². The van der Waals surface area contributed by atoms with Gasteiger partial charge in [-0.05, 0) is 24.3 Å². The summed E-state index contributed by atoms with van der Waals surface area (Å²) in [5, 5.41) is 0. The monoisotopic (exact) mass is 363 g/mol. The van der Waals surface area contributed by atoms with Gasteiger partial charge < -0.3 is 0 Å². The minimum Gasteiger partial charge on any atom is -0.278 e. The highest BCUT2D eigenvalue weighted by molar-refractivity contribution is 7.89. The summed E-state index contributed by atoms with van der Waals surface area (Å²) < 4.78 is 49.8. The van der Waals surface area contributed by atoms with Crippen molar-refractivity contribution in [1.82, 2.24) is 14.6 Å². The Balaban J connectivity index is 3.02. The summed E-state index contributed by atoms with van der Waals surface area (Å²) in [5.74, 6) is -0.477. The number of carbonyl (C=O) groups excluding carboxylic acids is 1. The number of nitrogens with zero attached hydrogens (tertiary/aromatic N) is 1. The largest absolute Gasteiger partial charge is 0.278 e. The summed E-state index contributed by atoms with van der Waals surface area (Å²) >= 11 is 0. The van der Waals surface area contributed by atoms with E-state index in [1.54, 1.807) is 20.8 Å². The van der Waals surface area contributed by atoms with Crippen molar-refractivity contribution in [1.29, 1.82) is 0 Å². The second-order valence-corrected chi connectivity index (χ2v) is 8.19. The molecule has 1 aromatic carbocycles. The molecular formula is C13H21N3O5S2. The van der Waals surface area contributed by atoms with Gasteiger partial charge in [-0.15, -0.1) is 4.83 Å². The molecule has 0 saturated carbocycles. The summed E-state index contributed by atoms with van der Waals surface area (Å²) in [6, 6.07) is 4.81. The molecule has 130 valence electrons. The fourth-order valence-corrected chi connectivity index (χ4v) is 4.09. The molecule has 0 bridgehead atoms. The molecule has 10 heteroatoms. The van der Waals surface area contributed by atoms with E-state index in [1.165, 1.54) is 28.6 Å². The van der Waals surface area contributed by atoms with E-state index in [9.17, 15) is 21.6 Å². The summed E-state index contributed by atoms with van der Waals surface area (Å²) in [7, 11) is -7.59. The van der Waals surface area contributed by atoms with E-state index in [1.807, 2.05) is 10.3 Å². The maximum atomic E-state index is 12.3. The van der Waals surface area contributed by atoms with Crippen LogP contribution in [-0.4, -0.2) is 40.1 Å². The molecular weight excluding hydrogens is 342 g/mol. The fourth-order valence-electron chi connectivity index (χ4n) is 1.77. The van der Waals surface area contributed by atoms with Crippen molar-refractivity contribution in [3.05, 3.63) is 24.3 Å². The van der Waals surface area contributed by atoms with Crippen LogP contribution in [0.15, 0.2) is 34.1 Å². The number of sulfonamides is 2. The van der Waals surface area contributed by atoms with Crippen LogP contribution >= 0.6 is 0 Å². The molecule has 0 atom stereocenters. The van der Waals surface area contributed by atoms with Gasteiger partial charge in [-0.25, -0.2) is 16.8 Å². The highest BCUT2D eigenvalue weighted by Gasteiger charge is 2.22. The molecule has 0 unspecified atom stereocenters. The first-order valence-electron chi connectivity index (χ1n) is 7.09. The molecule has 0 saturated heterocycles. The van der Waals surface area contributed by atoms with E-state index in [0.717, 1.165) is 0 Å². The van der Waals surface area contributed by atoms with E-state index in [4.69, 9.17) is 0 Å². The molecule has 1 aromatic rings. The number of hydrogen-bond donors (Lipinski definition) is 2. The third-order valence-corrected chi connectivity index (χ3v) is 6.45. The van der Waals surface area contributed by atoms with Gasteiger partial charge in [0.2, 0.25) is 15.9 Å². The summed E-state index contributed by atoms with van der Waals surface area (Å²) in [6.07, 6.45) is 0.129. The molecule has 0 aliphatic rings. The average Bonchev–Trinajstić information content (AvgIpc) is 2.53. The Morgan fingerprint density at radius 2 is 1.43 bits per heavy atom. The Morgan fingerprint density at radius 1 is 0.957 bits per heavy atom. The molecule has 0 aliphatic carbocycles. The number of benzene rings is 1. The molecule has 0 aromatic heterocycles. The van der Waals surface area contributed by atoms with E-state index in [0.29, 0.717) is 13.1 Å². The van der Waals surface area contributed by atoms with Crippen molar-refractivity contribution in [2.45, 2.75) is 37.0 Å². The lowest BCUT2D eigenvalue weighted by molar-refractivity contribution is -0.121. The Morgan fingerprint density at radius 3 is 1.87 bits per heavy atom. The Bertz CT molecular complexity index is 738.